The molecule has 1 amide bonds. The molecule has 1 aromatic heterocycles. The highest BCUT2D eigenvalue weighted by molar-refractivity contribution is 5.85. The van der Waals surface area contributed by atoms with Crippen molar-refractivity contribution in [2.75, 3.05) is 0 Å². The molecular weight excluding hydrogens is 323 g/mol. The van der Waals surface area contributed by atoms with Gasteiger partial charge >= 0.3 is 0 Å². The smallest absolute Gasteiger partial charge is 0.220 e. The van der Waals surface area contributed by atoms with Gasteiger partial charge in [-0.15, -0.1) is 24.8 Å². The van der Waals surface area contributed by atoms with Gasteiger partial charge in [0.1, 0.15) is 0 Å². The van der Waals surface area contributed by atoms with Gasteiger partial charge < -0.3 is 15.2 Å². The lowest BCUT2D eigenvalue weighted by molar-refractivity contribution is -0.123. The third kappa shape index (κ3) is 5.14. The van der Waals surface area contributed by atoms with Crippen LogP contribution in [0.15, 0.2) is 18.7 Å². The first-order chi connectivity index (χ1) is 9.69. The molecule has 7 heteroatoms. The fourth-order valence-electron chi connectivity index (χ4n) is 3.69. The second-order valence-corrected chi connectivity index (χ2v) is 6.41. The van der Waals surface area contributed by atoms with Gasteiger partial charge in [-0.05, 0) is 38.5 Å². The number of carbonyl (C=O) groups is 1. The highest BCUT2D eigenvalue weighted by atomic mass is 35.5. The van der Waals surface area contributed by atoms with Gasteiger partial charge in [0.25, 0.3) is 0 Å². The molecule has 3 unspecified atom stereocenters. The number of amides is 1. The molecule has 1 aromatic rings. The fraction of sp³-hybridized carbons (Fsp3) is 0.733. The maximum atomic E-state index is 12.1. The van der Waals surface area contributed by atoms with Crippen LogP contribution in [0.2, 0.25) is 0 Å². The topological polar surface area (TPSA) is 59.0 Å². The number of rotatable bonds is 5. The summed E-state index contributed by atoms with van der Waals surface area (Å²) in [5.41, 5.74) is 0. The van der Waals surface area contributed by atoms with E-state index in [4.69, 9.17) is 0 Å². The van der Waals surface area contributed by atoms with E-state index in [9.17, 15) is 4.79 Å². The lowest BCUT2D eigenvalue weighted by atomic mass is 9.89. The Morgan fingerprint density at radius 3 is 2.64 bits per heavy atom. The molecular formula is C15H26Cl2N4O. The van der Waals surface area contributed by atoms with Crippen molar-refractivity contribution in [2.45, 2.75) is 63.7 Å². The molecule has 0 aliphatic carbocycles. The molecule has 2 bridgehead atoms. The van der Waals surface area contributed by atoms with Crippen LogP contribution < -0.4 is 10.6 Å². The first-order valence-electron chi connectivity index (χ1n) is 7.70. The quantitative estimate of drug-likeness (QED) is 0.856. The van der Waals surface area contributed by atoms with Crippen molar-refractivity contribution in [3.8, 4) is 0 Å². The monoisotopic (exact) mass is 348 g/mol. The van der Waals surface area contributed by atoms with E-state index in [-0.39, 0.29) is 36.8 Å². The number of imidazole rings is 1. The Balaban J connectivity index is 0.00000121. The van der Waals surface area contributed by atoms with Gasteiger partial charge in [-0.2, -0.15) is 0 Å². The minimum atomic E-state index is 0. The van der Waals surface area contributed by atoms with Gasteiger partial charge in [-0.1, -0.05) is 0 Å². The number of halogens is 2. The molecule has 22 heavy (non-hydrogen) atoms. The number of nitrogens with one attached hydrogen (secondary N) is 2. The Morgan fingerprint density at radius 2 is 2.05 bits per heavy atom. The van der Waals surface area contributed by atoms with Crippen molar-refractivity contribution in [1.29, 1.82) is 0 Å². The zero-order valence-electron chi connectivity index (χ0n) is 12.9. The van der Waals surface area contributed by atoms with Crippen LogP contribution in [0.1, 0.15) is 39.0 Å². The molecule has 0 radical (unpaired) electrons. The average Bonchev–Trinajstić information content (AvgIpc) is 2.99. The maximum Gasteiger partial charge on any atom is 0.220 e. The normalized spacial score (nSPS) is 27.4. The van der Waals surface area contributed by atoms with Crippen molar-refractivity contribution in [3.05, 3.63) is 18.7 Å². The van der Waals surface area contributed by atoms with Crippen molar-refractivity contribution >= 4 is 30.7 Å². The summed E-state index contributed by atoms with van der Waals surface area (Å²) in [4.78, 5) is 16.1. The van der Waals surface area contributed by atoms with Crippen LogP contribution in [0.4, 0.5) is 0 Å². The van der Waals surface area contributed by atoms with Crippen LogP contribution in [0.25, 0.3) is 0 Å². The van der Waals surface area contributed by atoms with Crippen LogP contribution in [-0.4, -0.2) is 33.6 Å². The number of hydrogen-bond donors (Lipinski definition) is 2. The largest absolute Gasteiger partial charge is 0.352 e. The molecule has 5 nitrogen and oxygen atoms in total. The summed E-state index contributed by atoms with van der Waals surface area (Å²) in [6.45, 7) is 2.83. The average molecular weight is 349 g/mol. The van der Waals surface area contributed by atoms with E-state index >= 15 is 0 Å². The van der Waals surface area contributed by atoms with E-state index in [1.165, 1.54) is 25.7 Å². The fourth-order valence-corrected chi connectivity index (χ4v) is 3.69. The molecule has 0 saturated carbocycles. The van der Waals surface area contributed by atoms with E-state index in [0.717, 1.165) is 6.54 Å². The van der Waals surface area contributed by atoms with E-state index in [1.807, 2.05) is 17.7 Å². The maximum absolute atomic E-state index is 12.1. The molecule has 126 valence electrons. The van der Waals surface area contributed by atoms with Crippen molar-refractivity contribution in [2.24, 2.45) is 5.92 Å². The van der Waals surface area contributed by atoms with Crippen LogP contribution in [0.5, 0.6) is 0 Å². The Morgan fingerprint density at radius 1 is 1.36 bits per heavy atom. The summed E-state index contributed by atoms with van der Waals surface area (Å²) in [5, 5.41) is 6.73. The summed E-state index contributed by atoms with van der Waals surface area (Å²) in [7, 11) is 0. The molecule has 2 N–H and O–H groups in total. The van der Waals surface area contributed by atoms with Gasteiger partial charge in [0, 0.05) is 43.5 Å². The lowest BCUT2D eigenvalue weighted by Crippen LogP contribution is -2.41. The third-order valence-electron chi connectivity index (χ3n) is 4.50. The predicted octanol–water partition coefficient (Wildman–Crippen LogP) is 2.15. The Hall–Kier alpha value is -0.780. The zero-order chi connectivity index (χ0) is 13.9. The molecule has 2 saturated heterocycles. The number of carbonyl (C=O) groups excluding carboxylic acids is 1. The second-order valence-electron chi connectivity index (χ2n) is 6.41. The van der Waals surface area contributed by atoms with Crippen molar-refractivity contribution in [1.82, 2.24) is 20.2 Å². The summed E-state index contributed by atoms with van der Waals surface area (Å²) < 4.78 is 2.00. The number of nitrogens with zero attached hydrogens (tertiary/aromatic N) is 2. The first kappa shape index (κ1) is 19.3. The number of piperidine rings is 1. The number of fused-ring (bicyclic) bond motifs is 2. The van der Waals surface area contributed by atoms with Gasteiger partial charge in [-0.3, -0.25) is 4.79 Å². The molecule has 3 atom stereocenters. The van der Waals surface area contributed by atoms with Gasteiger partial charge in [0.15, 0.2) is 0 Å². The zero-order valence-corrected chi connectivity index (χ0v) is 14.5. The van der Waals surface area contributed by atoms with Gasteiger partial charge in [-0.25, -0.2) is 4.98 Å². The van der Waals surface area contributed by atoms with Crippen LogP contribution in [0.3, 0.4) is 0 Å². The van der Waals surface area contributed by atoms with Gasteiger partial charge in [0.05, 0.1) is 6.33 Å². The molecule has 2 aliphatic heterocycles. The number of hydrogen-bond acceptors (Lipinski definition) is 3. The second kappa shape index (κ2) is 8.75. The Labute approximate surface area is 144 Å². The van der Waals surface area contributed by atoms with E-state index in [0.29, 0.717) is 24.4 Å². The highest BCUT2D eigenvalue weighted by Gasteiger charge is 2.34. The molecule has 0 spiro atoms. The molecule has 3 rings (SSSR count). The minimum Gasteiger partial charge on any atom is -0.352 e. The van der Waals surface area contributed by atoms with Gasteiger partial charge in [0.2, 0.25) is 5.91 Å². The number of aromatic nitrogens is 2. The van der Waals surface area contributed by atoms with E-state index in [2.05, 4.69) is 15.6 Å². The summed E-state index contributed by atoms with van der Waals surface area (Å²) in [6.07, 6.45) is 11.1. The standard InChI is InChI=1S/C15H24N4O.2ClH/c1-11(9-19-5-4-16-10-19)17-15(20)8-12-6-13-2-3-14(7-12)18-13;;/h4-5,10-14,18H,2-3,6-9H2,1H3,(H,17,20);2*1H. The Kier molecular flexibility index (Phi) is 7.66. The van der Waals surface area contributed by atoms with Crippen molar-refractivity contribution in [3.63, 3.8) is 0 Å². The highest BCUT2D eigenvalue weighted by Crippen LogP contribution is 2.32. The predicted molar refractivity (Wildman–Crippen MR) is 91.6 cm³/mol. The van der Waals surface area contributed by atoms with E-state index < -0.39 is 0 Å². The van der Waals surface area contributed by atoms with Crippen molar-refractivity contribution < 1.29 is 4.79 Å². The van der Waals surface area contributed by atoms with E-state index in [1.54, 1.807) is 12.5 Å². The van der Waals surface area contributed by atoms with Crippen LogP contribution >= 0.6 is 24.8 Å². The van der Waals surface area contributed by atoms with Crippen LogP contribution in [0, 0.1) is 5.92 Å². The molecule has 2 fully saturated rings. The SMILES string of the molecule is CC(Cn1ccnc1)NC(=O)CC1CC2CCC(C1)N2.Cl.Cl. The summed E-state index contributed by atoms with van der Waals surface area (Å²) in [5.74, 6) is 0.762. The summed E-state index contributed by atoms with van der Waals surface area (Å²) in [6, 6.07) is 1.47. The third-order valence-corrected chi connectivity index (χ3v) is 4.50. The Bertz CT molecular complexity index is 442. The molecule has 0 aromatic carbocycles. The lowest BCUT2D eigenvalue weighted by Gasteiger charge is -2.29. The molecule has 3 heterocycles. The first-order valence-corrected chi connectivity index (χ1v) is 7.70. The summed E-state index contributed by atoms with van der Waals surface area (Å²) >= 11 is 0. The van der Waals surface area contributed by atoms with Crippen LogP contribution in [-0.2, 0) is 11.3 Å². The minimum absolute atomic E-state index is 0. The molecule has 2 aliphatic rings.